The number of nitrogens with one attached hydrogen (secondary N) is 2. The molecule has 2 aliphatic carbocycles. The van der Waals surface area contributed by atoms with Crippen LogP contribution in [0.2, 0.25) is 0 Å². The van der Waals surface area contributed by atoms with Crippen LogP contribution in [0.3, 0.4) is 0 Å². The third kappa shape index (κ3) is 3.24. The van der Waals surface area contributed by atoms with Gasteiger partial charge in [-0.15, -0.1) is 0 Å². The Balaban J connectivity index is 1.25. The summed E-state index contributed by atoms with van der Waals surface area (Å²) in [6.45, 7) is 2.65. The summed E-state index contributed by atoms with van der Waals surface area (Å²) in [6, 6.07) is 1.61. The van der Waals surface area contributed by atoms with Gasteiger partial charge in [0.05, 0.1) is 29.7 Å². The molecule has 3 fully saturated rings. The monoisotopic (exact) mass is 469 g/mol. The lowest BCUT2D eigenvalue weighted by Crippen LogP contribution is -2.60. The Hall–Kier alpha value is -3.50. The number of amides is 1. The summed E-state index contributed by atoms with van der Waals surface area (Å²) >= 11 is 0. The first-order chi connectivity index (χ1) is 16.3. The van der Waals surface area contributed by atoms with E-state index in [4.69, 9.17) is 0 Å². The van der Waals surface area contributed by atoms with Crippen LogP contribution in [-0.2, 0) is 11.0 Å². The van der Waals surface area contributed by atoms with E-state index >= 15 is 0 Å². The summed E-state index contributed by atoms with van der Waals surface area (Å²) in [7, 11) is 0. The molecule has 2 N–H and O–H groups in total. The summed E-state index contributed by atoms with van der Waals surface area (Å²) in [6.07, 6.45) is 6.25. The van der Waals surface area contributed by atoms with Crippen molar-refractivity contribution in [3.63, 3.8) is 0 Å². The number of carbonyl (C=O) groups is 1. The van der Waals surface area contributed by atoms with Crippen molar-refractivity contribution in [2.75, 3.05) is 11.9 Å². The van der Waals surface area contributed by atoms with Crippen molar-refractivity contribution < 1.29 is 18.0 Å². The minimum Gasteiger partial charge on any atom is -0.375 e. The van der Waals surface area contributed by atoms with Gasteiger partial charge in [-0.05, 0) is 43.2 Å². The van der Waals surface area contributed by atoms with E-state index in [1.807, 2.05) is 24.0 Å². The maximum Gasteiger partial charge on any atom is 0.434 e. The number of rotatable bonds is 4. The quantitative estimate of drug-likeness (QED) is 0.711. The van der Waals surface area contributed by atoms with Gasteiger partial charge in [0.15, 0.2) is 11.5 Å². The molecule has 1 amide bonds. The van der Waals surface area contributed by atoms with E-state index in [2.05, 4.69) is 30.6 Å². The molecule has 4 heterocycles. The normalized spacial score (nSPS) is 31.4. The molecular weight excluding hydrogens is 447 g/mol. The third-order valence-corrected chi connectivity index (χ3v) is 7.35. The van der Waals surface area contributed by atoms with Gasteiger partial charge in [-0.2, -0.15) is 13.2 Å². The van der Waals surface area contributed by atoms with Crippen LogP contribution in [0.15, 0.2) is 48.6 Å². The maximum atomic E-state index is 13.7. The molecule has 0 bridgehead atoms. The number of nitrogens with zero attached hydrogens (tertiary/aromatic N) is 5. The molecule has 6 rings (SSSR count). The topological polar surface area (TPSA) is 95.9 Å². The zero-order valence-corrected chi connectivity index (χ0v) is 18.3. The second kappa shape index (κ2) is 7.25. The molecule has 0 radical (unpaired) electrons. The lowest BCUT2D eigenvalue weighted by Gasteiger charge is -2.48. The Morgan fingerprint density at radius 1 is 1.18 bits per heavy atom. The van der Waals surface area contributed by atoms with Crippen LogP contribution in [0.1, 0.15) is 31.3 Å². The van der Waals surface area contributed by atoms with Crippen LogP contribution in [0.4, 0.5) is 19.0 Å². The van der Waals surface area contributed by atoms with Crippen LogP contribution in [-0.4, -0.2) is 55.4 Å². The molecule has 2 saturated carbocycles. The number of carbonyl (C=O) groups excluding carboxylic acids is 1. The molecule has 2 aromatic heterocycles. The lowest BCUT2D eigenvalue weighted by atomic mass is 9.71. The molecule has 34 heavy (non-hydrogen) atoms. The van der Waals surface area contributed by atoms with Crippen molar-refractivity contribution in [3.8, 4) is 0 Å². The van der Waals surface area contributed by atoms with Crippen LogP contribution < -0.4 is 10.6 Å². The van der Waals surface area contributed by atoms with Crippen LogP contribution >= 0.6 is 0 Å². The fraction of sp³-hybridized carbons (Fsp3) is 0.435. The number of hydrogen-bond donors (Lipinski definition) is 2. The van der Waals surface area contributed by atoms with E-state index < -0.39 is 11.9 Å². The van der Waals surface area contributed by atoms with Crippen LogP contribution in [0, 0.1) is 11.3 Å². The second-order valence-corrected chi connectivity index (χ2v) is 9.43. The first kappa shape index (κ1) is 21.1. The fourth-order valence-corrected chi connectivity index (χ4v) is 5.72. The molecular formula is C23H22F3N7O. The molecule has 2 aliphatic heterocycles. The van der Waals surface area contributed by atoms with Gasteiger partial charge in [-0.3, -0.25) is 4.79 Å². The van der Waals surface area contributed by atoms with Crippen molar-refractivity contribution in [1.82, 2.24) is 30.2 Å². The SMILES string of the molecule is CC1C=CC(C(=O)N2CC3CC34CC(Nc3cnc(C(F)(F)F)cn3)C24)=C(c2ncccn2)N1. The van der Waals surface area contributed by atoms with Crippen molar-refractivity contribution >= 4 is 17.4 Å². The van der Waals surface area contributed by atoms with E-state index in [-0.39, 0.29) is 35.3 Å². The highest BCUT2D eigenvalue weighted by molar-refractivity contribution is 6.04. The molecule has 2 aromatic rings. The first-order valence-corrected chi connectivity index (χ1v) is 11.2. The summed E-state index contributed by atoms with van der Waals surface area (Å²) < 4.78 is 38.4. The van der Waals surface area contributed by atoms with E-state index in [1.165, 1.54) is 0 Å². The van der Waals surface area contributed by atoms with Gasteiger partial charge in [0.25, 0.3) is 5.91 Å². The van der Waals surface area contributed by atoms with Crippen molar-refractivity contribution in [2.24, 2.45) is 11.3 Å². The predicted octanol–water partition coefficient (Wildman–Crippen LogP) is 2.65. The van der Waals surface area contributed by atoms with E-state index in [0.29, 0.717) is 29.6 Å². The van der Waals surface area contributed by atoms with Gasteiger partial charge in [0.2, 0.25) is 0 Å². The summed E-state index contributed by atoms with van der Waals surface area (Å²) in [5.74, 6) is 1.09. The third-order valence-electron chi connectivity index (χ3n) is 7.35. The first-order valence-electron chi connectivity index (χ1n) is 11.2. The molecule has 1 saturated heterocycles. The molecule has 5 atom stereocenters. The standard InChI is InChI=1S/C23H22F3N7O/c1-12-3-4-14(18(31-12)20-27-5-2-6-28-20)21(34)33-11-13-7-22(13)8-15(19(22)33)32-17-10-29-16(9-30-17)23(24,25)26/h2-6,9-10,12-13,15,19,31H,7-8,11H2,1H3,(H,30,32). The molecule has 0 aromatic carbocycles. The highest BCUT2D eigenvalue weighted by Gasteiger charge is 2.75. The summed E-state index contributed by atoms with van der Waals surface area (Å²) in [4.78, 5) is 31.6. The van der Waals surface area contributed by atoms with Crippen LogP contribution in [0.5, 0.6) is 0 Å². The number of dihydropyridines is 1. The largest absolute Gasteiger partial charge is 0.434 e. The number of hydrogen-bond acceptors (Lipinski definition) is 7. The molecule has 176 valence electrons. The number of piperidine rings is 1. The number of halogens is 3. The smallest absolute Gasteiger partial charge is 0.375 e. The predicted molar refractivity (Wildman–Crippen MR) is 116 cm³/mol. The average molecular weight is 469 g/mol. The zero-order valence-electron chi connectivity index (χ0n) is 18.3. The number of alkyl halides is 3. The van der Waals surface area contributed by atoms with Gasteiger partial charge in [-0.25, -0.2) is 19.9 Å². The van der Waals surface area contributed by atoms with Crippen LogP contribution in [0.25, 0.3) is 5.70 Å². The maximum absolute atomic E-state index is 13.7. The van der Waals surface area contributed by atoms with E-state index in [1.54, 1.807) is 18.5 Å². The number of anilines is 1. The summed E-state index contributed by atoms with van der Waals surface area (Å²) in [5, 5.41) is 6.52. The van der Waals surface area contributed by atoms with Crippen molar-refractivity contribution in [1.29, 1.82) is 0 Å². The summed E-state index contributed by atoms with van der Waals surface area (Å²) in [5.41, 5.74) is 0.181. The van der Waals surface area contributed by atoms with Gasteiger partial charge < -0.3 is 15.5 Å². The molecule has 1 spiro atoms. The van der Waals surface area contributed by atoms with Gasteiger partial charge in [-0.1, -0.05) is 6.08 Å². The Morgan fingerprint density at radius 3 is 2.68 bits per heavy atom. The van der Waals surface area contributed by atoms with E-state index in [9.17, 15) is 18.0 Å². The highest BCUT2D eigenvalue weighted by atomic mass is 19.4. The Labute approximate surface area is 193 Å². The Kier molecular flexibility index (Phi) is 4.49. The second-order valence-electron chi connectivity index (χ2n) is 9.43. The fourth-order valence-electron chi connectivity index (χ4n) is 5.72. The highest BCUT2D eigenvalue weighted by Crippen LogP contribution is 2.71. The lowest BCUT2D eigenvalue weighted by molar-refractivity contribution is -0.141. The van der Waals surface area contributed by atoms with Gasteiger partial charge >= 0.3 is 6.18 Å². The van der Waals surface area contributed by atoms with Crippen molar-refractivity contribution in [3.05, 3.63) is 60.1 Å². The zero-order chi connectivity index (χ0) is 23.7. The molecule has 4 aliphatic rings. The molecule has 8 nitrogen and oxygen atoms in total. The van der Waals surface area contributed by atoms with Gasteiger partial charge in [0.1, 0.15) is 5.82 Å². The number of likely N-dealkylation sites (tertiary alicyclic amines) is 1. The Morgan fingerprint density at radius 2 is 1.97 bits per heavy atom. The minimum atomic E-state index is -4.53. The number of aromatic nitrogens is 4. The van der Waals surface area contributed by atoms with Gasteiger partial charge in [0, 0.05) is 31.0 Å². The minimum absolute atomic E-state index is 0.0324. The van der Waals surface area contributed by atoms with E-state index in [0.717, 1.165) is 25.2 Å². The Bertz CT molecular complexity index is 1200. The molecule has 5 unspecified atom stereocenters. The van der Waals surface area contributed by atoms with Crippen molar-refractivity contribution in [2.45, 2.75) is 44.1 Å². The average Bonchev–Trinajstić information content (AvgIpc) is 3.47. The molecule has 11 heteroatoms.